The van der Waals surface area contributed by atoms with Gasteiger partial charge in [0.1, 0.15) is 0 Å². The van der Waals surface area contributed by atoms with Crippen LogP contribution in [0.2, 0.25) is 0 Å². The number of amides is 1. The third-order valence-corrected chi connectivity index (χ3v) is 3.57. The van der Waals surface area contributed by atoms with Gasteiger partial charge in [-0.05, 0) is 29.4 Å². The second-order valence-corrected chi connectivity index (χ2v) is 5.29. The summed E-state index contributed by atoms with van der Waals surface area (Å²) in [5, 5.41) is 12.7. The summed E-state index contributed by atoms with van der Waals surface area (Å²) in [4.78, 5) is 11.9. The molecule has 0 radical (unpaired) electrons. The first-order valence-corrected chi connectivity index (χ1v) is 7.93. The highest BCUT2D eigenvalue weighted by Gasteiger charge is 2.13. The predicted molar refractivity (Wildman–Crippen MR) is 84.3 cm³/mol. The zero-order valence-corrected chi connectivity index (χ0v) is 13.3. The molecule has 1 aromatic carbocycles. The SMILES string of the molecule is COc1cccc(C(=O)NCCCCCCI)c1O. The van der Waals surface area contributed by atoms with Gasteiger partial charge in [0.05, 0.1) is 12.7 Å². The van der Waals surface area contributed by atoms with Crippen molar-refractivity contribution in [2.75, 3.05) is 18.1 Å². The van der Waals surface area contributed by atoms with Crippen molar-refractivity contribution in [3.8, 4) is 11.5 Å². The van der Waals surface area contributed by atoms with E-state index < -0.39 is 0 Å². The molecule has 0 saturated carbocycles. The molecule has 0 aliphatic heterocycles. The van der Waals surface area contributed by atoms with Crippen LogP contribution in [0.15, 0.2) is 18.2 Å². The lowest BCUT2D eigenvalue weighted by atomic mass is 10.1. The van der Waals surface area contributed by atoms with E-state index >= 15 is 0 Å². The van der Waals surface area contributed by atoms with Crippen molar-refractivity contribution >= 4 is 28.5 Å². The van der Waals surface area contributed by atoms with E-state index in [-0.39, 0.29) is 17.2 Å². The number of carbonyl (C=O) groups excluding carboxylic acids is 1. The number of para-hydroxylation sites is 1. The van der Waals surface area contributed by atoms with E-state index in [4.69, 9.17) is 4.74 Å². The van der Waals surface area contributed by atoms with Gasteiger partial charge in [-0.25, -0.2) is 0 Å². The maximum atomic E-state index is 11.9. The number of ether oxygens (including phenoxy) is 1. The number of hydrogen-bond acceptors (Lipinski definition) is 3. The molecule has 19 heavy (non-hydrogen) atoms. The normalized spacial score (nSPS) is 10.2. The zero-order valence-electron chi connectivity index (χ0n) is 11.1. The van der Waals surface area contributed by atoms with E-state index in [1.54, 1.807) is 18.2 Å². The van der Waals surface area contributed by atoms with Crippen molar-refractivity contribution in [3.05, 3.63) is 23.8 Å². The average Bonchev–Trinajstić information content (AvgIpc) is 2.42. The molecular weight excluding hydrogens is 357 g/mol. The number of hydrogen-bond donors (Lipinski definition) is 2. The summed E-state index contributed by atoms with van der Waals surface area (Å²) in [6.07, 6.45) is 4.51. The minimum atomic E-state index is -0.259. The number of benzene rings is 1. The summed E-state index contributed by atoms with van der Waals surface area (Å²) >= 11 is 2.37. The molecular formula is C14H20INO3. The topological polar surface area (TPSA) is 58.6 Å². The fraction of sp³-hybridized carbons (Fsp3) is 0.500. The van der Waals surface area contributed by atoms with Crippen LogP contribution >= 0.6 is 22.6 Å². The van der Waals surface area contributed by atoms with Crippen LogP contribution in [-0.4, -0.2) is 29.1 Å². The van der Waals surface area contributed by atoms with Crippen molar-refractivity contribution in [2.24, 2.45) is 0 Å². The third kappa shape index (κ3) is 5.26. The summed E-state index contributed by atoms with van der Waals surface area (Å²) in [6, 6.07) is 4.90. The molecule has 0 fully saturated rings. The minimum absolute atomic E-state index is 0.104. The Kier molecular flexibility index (Phi) is 7.62. The molecule has 0 bridgehead atoms. The van der Waals surface area contributed by atoms with Crippen LogP contribution in [0.5, 0.6) is 11.5 Å². The molecule has 1 rings (SSSR count). The Morgan fingerprint density at radius 1 is 1.32 bits per heavy atom. The maximum absolute atomic E-state index is 11.9. The fourth-order valence-electron chi connectivity index (χ4n) is 1.74. The molecule has 0 heterocycles. The average molecular weight is 377 g/mol. The van der Waals surface area contributed by atoms with E-state index in [0.717, 1.165) is 12.8 Å². The number of carbonyl (C=O) groups is 1. The van der Waals surface area contributed by atoms with Crippen LogP contribution in [0.4, 0.5) is 0 Å². The molecule has 0 aliphatic rings. The van der Waals surface area contributed by atoms with Crippen molar-refractivity contribution < 1.29 is 14.6 Å². The van der Waals surface area contributed by atoms with Gasteiger partial charge >= 0.3 is 0 Å². The summed E-state index contributed by atoms with van der Waals surface area (Å²) in [6.45, 7) is 0.636. The van der Waals surface area contributed by atoms with Crippen LogP contribution in [0, 0.1) is 0 Å². The first kappa shape index (κ1) is 16.1. The number of nitrogens with one attached hydrogen (secondary N) is 1. The van der Waals surface area contributed by atoms with Crippen molar-refractivity contribution in [3.63, 3.8) is 0 Å². The van der Waals surface area contributed by atoms with Gasteiger partial charge < -0.3 is 15.2 Å². The standard InChI is InChI=1S/C14H20INO3/c1-19-12-8-6-7-11(13(12)17)14(18)16-10-5-3-2-4-9-15/h6-8,17H,2-5,9-10H2,1H3,(H,16,18). The second kappa shape index (κ2) is 9.01. The Labute approximate surface area is 127 Å². The highest BCUT2D eigenvalue weighted by atomic mass is 127. The van der Waals surface area contributed by atoms with Crippen LogP contribution < -0.4 is 10.1 Å². The molecule has 4 nitrogen and oxygen atoms in total. The first-order valence-electron chi connectivity index (χ1n) is 6.40. The first-order chi connectivity index (χ1) is 9.20. The number of halogens is 1. The highest BCUT2D eigenvalue weighted by molar-refractivity contribution is 14.1. The molecule has 5 heteroatoms. The van der Waals surface area contributed by atoms with Gasteiger partial charge in [-0.3, -0.25) is 4.79 Å². The number of unbranched alkanes of at least 4 members (excludes halogenated alkanes) is 3. The van der Waals surface area contributed by atoms with E-state index in [0.29, 0.717) is 12.3 Å². The Bertz CT molecular complexity index is 410. The smallest absolute Gasteiger partial charge is 0.255 e. The van der Waals surface area contributed by atoms with Gasteiger partial charge in [0, 0.05) is 6.54 Å². The molecule has 0 saturated heterocycles. The van der Waals surface area contributed by atoms with Gasteiger partial charge in [-0.1, -0.05) is 41.5 Å². The molecule has 1 amide bonds. The number of rotatable bonds is 8. The number of alkyl halides is 1. The summed E-state index contributed by atoms with van der Waals surface area (Å²) in [5.41, 5.74) is 0.256. The Morgan fingerprint density at radius 3 is 2.74 bits per heavy atom. The van der Waals surface area contributed by atoms with E-state index in [1.165, 1.54) is 24.4 Å². The maximum Gasteiger partial charge on any atom is 0.255 e. The van der Waals surface area contributed by atoms with E-state index in [9.17, 15) is 9.90 Å². The highest BCUT2D eigenvalue weighted by Crippen LogP contribution is 2.29. The Morgan fingerprint density at radius 2 is 2.05 bits per heavy atom. The van der Waals surface area contributed by atoms with Crippen LogP contribution in [-0.2, 0) is 0 Å². The molecule has 1 aromatic rings. The molecule has 106 valence electrons. The van der Waals surface area contributed by atoms with Crippen LogP contribution in [0.25, 0.3) is 0 Å². The lowest BCUT2D eigenvalue weighted by Gasteiger charge is -2.09. The zero-order chi connectivity index (χ0) is 14.1. The largest absolute Gasteiger partial charge is 0.504 e. The van der Waals surface area contributed by atoms with Gasteiger partial charge in [0.2, 0.25) is 0 Å². The number of methoxy groups -OCH3 is 1. The van der Waals surface area contributed by atoms with Crippen molar-refractivity contribution in [1.29, 1.82) is 0 Å². The van der Waals surface area contributed by atoms with E-state index in [2.05, 4.69) is 27.9 Å². The fourth-order valence-corrected chi connectivity index (χ4v) is 2.28. The Hall–Kier alpha value is -0.980. The van der Waals surface area contributed by atoms with Gasteiger partial charge in [0.15, 0.2) is 11.5 Å². The molecule has 0 aliphatic carbocycles. The molecule has 0 aromatic heterocycles. The molecule has 0 spiro atoms. The number of phenols is 1. The minimum Gasteiger partial charge on any atom is -0.504 e. The lowest BCUT2D eigenvalue weighted by molar-refractivity contribution is 0.0949. The van der Waals surface area contributed by atoms with Gasteiger partial charge in [-0.15, -0.1) is 0 Å². The number of aromatic hydroxyl groups is 1. The summed E-state index contributed by atoms with van der Waals surface area (Å²) in [5.74, 6) is -0.0487. The van der Waals surface area contributed by atoms with Gasteiger partial charge in [-0.2, -0.15) is 0 Å². The quantitative estimate of drug-likeness (QED) is 0.416. The molecule has 2 N–H and O–H groups in total. The third-order valence-electron chi connectivity index (χ3n) is 2.81. The van der Waals surface area contributed by atoms with Crippen molar-refractivity contribution in [2.45, 2.75) is 25.7 Å². The van der Waals surface area contributed by atoms with Crippen LogP contribution in [0.3, 0.4) is 0 Å². The second-order valence-electron chi connectivity index (χ2n) is 4.22. The lowest BCUT2D eigenvalue weighted by Crippen LogP contribution is -2.24. The van der Waals surface area contributed by atoms with Crippen molar-refractivity contribution in [1.82, 2.24) is 5.32 Å². The van der Waals surface area contributed by atoms with E-state index in [1.807, 2.05) is 0 Å². The monoisotopic (exact) mass is 377 g/mol. The molecule has 0 atom stereocenters. The number of phenolic OH excluding ortho intramolecular Hbond substituents is 1. The summed E-state index contributed by atoms with van der Waals surface area (Å²) < 4.78 is 6.16. The predicted octanol–water partition coefficient (Wildman–Crippen LogP) is 3.13. The van der Waals surface area contributed by atoms with Crippen LogP contribution in [0.1, 0.15) is 36.0 Å². The Balaban J connectivity index is 2.41. The van der Waals surface area contributed by atoms with Gasteiger partial charge in [0.25, 0.3) is 5.91 Å². The molecule has 0 unspecified atom stereocenters. The summed E-state index contributed by atoms with van der Waals surface area (Å²) in [7, 11) is 1.46.